The van der Waals surface area contributed by atoms with Gasteiger partial charge in [0.05, 0.1) is 42.7 Å². The Kier molecular flexibility index (Phi) is 17.3. The molecule has 0 spiro atoms. The fourth-order valence-corrected chi connectivity index (χ4v) is 6.94. The number of methoxy groups -OCH3 is 1. The lowest BCUT2D eigenvalue weighted by atomic mass is 9.98. The highest BCUT2D eigenvalue weighted by Gasteiger charge is 2.42. The number of rotatable bonds is 20. The van der Waals surface area contributed by atoms with Gasteiger partial charge in [-0.15, -0.1) is 11.3 Å². The molecule has 0 saturated carbocycles. The first-order chi connectivity index (χ1) is 19.8. The van der Waals surface area contributed by atoms with Crippen LogP contribution in [-0.4, -0.2) is 67.6 Å². The van der Waals surface area contributed by atoms with E-state index >= 15 is 0 Å². The molecule has 0 aliphatic carbocycles. The van der Waals surface area contributed by atoms with E-state index < -0.39 is 16.6 Å². The number of aryl methyl sites for hydroxylation is 1. The van der Waals surface area contributed by atoms with Gasteiger partial charge >= 0.3 is 0 Å². The van der Waals surface area contributed by atoms with Gasteiger partial charge in [-0.2, -0.15) is 0 Å². The molecule has 0 aliphatic rings. The number of hydrogen-bond acceptors (Lipinski definition) is 7. The first-order valence-electron chi connectivity index (χ1n) is 16.1. The van der Waals surface area contributed by atoms with E-state index in [-0.39, 0.29) is 29.1 Å². The fourth-order valence-electron chi connectivity index (χ4n) is 3.95. The molecule has 1 aromatic heterocycles. The van der Waals surface area contributed by atoms with Crippen LogP contribution in [0.3, 0.4) is 0 Å². The minimum absolute atomic E-state index is 0.0606. The maximum atomic E-state index is 6.99. The zero-order valence-electron chi connectivity index (χ0n) is 30.1. The zero-order valence-corrected chi connectivity index (χ0v) is 32.9. The van der Waals surface area contributed by atoms with Gasteiger partial charge in [-0.3, -0.25) is 0 Å². The summed E-state index contributed by atoms with van der Waals surface area (Å²) < 4.78 is 30.5. The van der Waals surface area contributed by atoms with Gasteiger partial charge in [0.1, 0.15) is 6.79 Å². The van der Waals surface area contributed by atoms with Crippen molar-refractivity contribution in [3.8, 4) is 0 Å². The molecule has 0 saturated heterocycles. The lowest BCUT2D eigenvalue weighted by molar-refractivity contribution is -0.0864. The molecule has 9 heteroatoms. The molecule has 0 radical (unpaired) electrons. The topological polar surface area (TPSA) is 59.0 Å². The molecule has 1 aromatic rings. The van der Waals surface area contributed by atoms with Gasteiger partial charge in [0.2, 0.25) is 0 Å². The van der Waals surface area contributed by atoms with Gasteiger partial charge in [-0.05, 0) is 93.4 Å². The second kappa shape index (κ2) is 18.5. The van der Waals surface area contributed by atoms with Gasteiger partial charge in [-0.25, -0.2) is 4.98 Å². The number of aromatic nitrogens is 1. The van der Waals surface area contributed by atoms with Gasteiger partial charge < -0.3 is 23.1 Å². The van der Waals surface area contributed by atoms with Crippen LogP contribution in [-0.2, 0) is 23.1 Å². The van der Waals surface area contributed by atoms with Crippen molar-refractivity contribution in [1.29, 1.82) is 0 Å². The van der Waals surface area contributed by atoms with Crippen LogP contribution in [0, 0.1) is 12.8 Å². The molecule has 250 valence electrons. The number of ether oxygens (including phenoxy) is 3. The average Bonchev–Trinajstić information content (AvgIpc) is 3.29. The summed E-state index contributed by atoms with van der Waals surface area (Å²) in [6.07, 6.45) is 10.8. The van der Waals surface area contributed by atoms with E-state index in [1.807, 2.05) is 6.92 Å². The molecule has 0 N–H and O–H groups in total. The van der Waals surface area contributed by atoms with Crippen LogP contribution in [0.15, 0.2) is 23.1 Å². The van der Waals surface area contributed by atoms with E-state index in [4.69, 9.17) is 23.1 Å². The normalized spacial score (nSPS) is 16.2. The van der Waals surface area contributed by atoms with E-state index in [9.17, 15) is 0 Å². The Morgan fingerprint density at radius 3 is 2.21 bits per heavy atom. The SMILES string of the molecule is COCCOCO[C@@H](C/C=C\CCC[C@H](C)[C@H](CO[Si](C)(C)C(C)(C)C)O[Si](C)(C)C(C)(C)C)/C(C)=C/c1csc(C)n1. The highest BCUT2D eigenvalue weighted by molar-refractivity contribution is 7.09. The summed E-state index contributed by atoms with van der Waals surface area (Å²) in [6, 6.07) is 0. The molecule has 0 fully saturated rings. The fraction of sp³-hybridized carbons (Fsp3) is 0.794. The molecule has 43 heavy (non-hydrogen) atoms. The van der Waals surface area contributed by atoms with Crippen LogP contribution < -0.4 is 0 Å². The molecule has 0 amide bonds. The monoisotopic (exact) mass is 655 g/mol. The molecule has 0 aliphatic heterocycles. The van der Waals surface area contributed by atoms with Crippen molar-refractivity contribution in [3.05, 3.63) is 33.8 Å². The highest BCUT2D eigenvalue weighted by atomic mass is 32.1. The molecule has 0 aromatic carbocycles. The van der Waals surface area contributed by atoms with Crippen molar-refractivity contribution in [2.24, 2.45) is 5.92 Å². The summed E-state index contributed by atoms with van der Waals surface area (Å²) in [5.74, 6) is 0.430. The van der Waals surface area contributed by atoms with Gasteiger partial charge in [0.25, 0.3) is 0 Å². The van der Waals surface area contributed by atoms with E-state index in [0.29, 0.717) is 25.7 Å². The lowest BCUT2D eigenvalue weighted by Crippen LogP contribution is -2.49. The Bertz CT molecular complexity index is 978. The van der Waals surface area contributed by atoms with E-state index in [1.165, 1.54) is 0 Å². The van der Waals surface area contributed by atoms with E-state index in [0.717, 1.165) is 42.0 Å². The summed E-state index contributed by atoms with van der Waals surface area (Å²) in [5, 5.41) is 3.51. The van der Waals surface area contributed by atoms with Crippen LogP contribution >= 0.6 is 11.3 Å². The quantitative estimate of drug-likeness (QED) is 0.0603. The Morgan fingerprint density at radius 1 is 1.00 bits per heavy atom. The van der Waals surface area contributed by atoms with Crippen LogP contribution in [0.5, 0.6) is 0 Å². The van der Waals surface area contributed by atoms with Gasteiger partial charge in [0, 0.05) is 12.5 Å². The number of unbranched alkanes of at least 4 members (excludes halogenated alkanes) is 1. The van der Waals surface area contributed by atoms with Crippen molar-refractivity contribution in [2.75, 3.05) is 33.7 Å². The molecule has 0 unspecified atom stereocenters. The van der Waals surface area contributed by atoms with Gasteiger partial charge in [-0.1, -0.05) is 60.6 Å². The first-order valence-corrected chi connectivity index (χ1v) is 22.8. The third-order valence-electron chi connectivity index (χ3n) is 9.15. The molecule has 6 nitrogen and oxygen atoms in total. The molecular weight excluding hydrogens is 591 g/mol. The summed E-state index contributed by atoms with van der Waals surface area (Å²) in [7, 11) is -2.10. The highest BCUT2D eigenvalue weighted by Crippen LogP contribution is 2.40. The Balaban J connectivity index is 2.79. The average molecular weight is 656 g/mol. The minimum atomic E-state index is -1.92. The Morgan fingerprint density at radius 2 is 1.65 bits per heavy atom. The number of thiazole rings is 1. The number of nitrogens with zero attached hydrogens (tertiary/aromatic N) is 1. The zero-order chi connectivity index (χ0) is 32.9. The van der Waals surface area contributed by atoms with Crippen molar-refractivity contribution in [3.63, 3.8) is 0 Å². The molecule has 0 bridgehead atoms. The second-order valence-electron chi connectivity index (χ2n) is 15.0. The van der Waals surface area contributed by atoms with Crippen molar-refractivity contribution >= 4 is 34.0 Å². The van der Waals surface area contributed by atoms with E-state index in [1.54, 1.807) is 18.4 Å². The number of allylic oxidation sites excluding steroid dienone is 1. The smallest absolute Gasteiger partial charge is 0.192 e. The predicted molar refractivity (Wildman–Crippen MR) is 190 cm³/mol. The summed E-state index contributed by atoms with van der Waals surface area (Å²) in [5.41, 5.74) is 2.13. The van der Waals surface area contributed by atoms with Crippen LogP contribution in [0.1, 0.15) is 91.8 Å². The predicted octanol–water partition coefficient (Wildman–Crippen LogP) is 10.0. The number of hydrogen-bond donors (Lipinski definition) is 0. The third kappa shape index (κ3) is 15.0. The Labute approximate surface area is 271 Å². The molecular formula is C34H65NO5SSi2. The minimum Gasteiger partial charge on any atom is -0.414 e. The molecule has 1 heterocycles. The maximum Gasteiger partial charge on any atom is 0.192 e. The first kappa shape index (κ1) is 40.4. The van der Waals surface area contributed by atoms with Crippen LogP contribution in [0.2, 0.25) is 36.3 Å². The summed E-state index contributed by atoms with van der Waals surface area (Å²) in [6.45, 7) is 31.8. The second-order valence-corrected chi connectivity index (χ2v) is 25.6. The largest absolute Gasteiger partial charge is 0.414 e. The van der Waals surface area contributed by atoms with Crippen molar-refractivity contribution in [2.45, 2.75) is 136 Å². The summed E-state index contributed by atoms with van der Waals surface area (Å²) in [4.78, 5) is 4.59. The lowest BCUT2D eigenvalue weighted by Gasteiger charge is -2.43. The van der Waals surface area contributed by atoms with Crippen LogP contribution in [0.25, 0.3) is 6.08 Å². The van der Waals surface area contributed by atoms with Crippen molar-refractivity contribution < 1.29 is 23.1 Å². The Hall–Kier alpha value is -0.656. The molecule has 3 atom stereocenters. The van der Waals surface area contributed by atoms with Crippen molar-refractivity contribution in [1.82, 2.24) is 4.98 Å². The van der Waals surface area contributed by atoms with Gasteiger partial charge in [0.15, 0.2) is 16.6 Å². The summed E-state index contributed by atoms with van der Waals surface area (Å²) >= 11 is 1.66. The van der Waals surface area contributed by atoms with E-state index in [2.05, 4.69) is 110 Å². The third-order valence-corrected chi connectivity index (χ3v) is 18.9. The van der Waals surface area contributed by atoms with Crippen LogP contribution in [0.4, 0.5) is 0 Å². The maximum absolute atomic E-state index is 6.99. The molecule has 1 rings (SSSR count). The standard InChI is InChI=1S/C34H65NO5SSi2/c1-27(32(40-43(13,14)34(7,8)9)24-39-42(11,12)33(4,5)6)19-17-15-16-18-20-31(38-26-37-22-21-36-10)28(2)23-30-25-41-29(3)35-30/h16,18,23,25,27,31-32H,15,17,19-22,24,26H2,1-14H3/b18-16-,28-23+/t27-,31-,32-/m0/s1.